The van der Waals surface area contributed by atoms with Crippen molar-refractivity contribution in [3.63, 3.8) is 0 Å². The lowest BCUT2D eigenvalue weighted by molar-refractivity contribution is 0.309. The molecule has 1 heterocycles. The fourth-order valence-electron chi connectivity index (χ4n) is 2.06. The van der Waals surface area contributed by atoms with Gasteiger partial charge in [-0.2, -0.15) is 0 Å². The molecule has 0 atom stereocenters. The van der Waals surface area contributed by atoms with Crippen LogP contribution in [0.2, 0.25) is 0 Å². The maximum absolute atomic E-state index is 11.6. The number of hydrogen-bond acceptors (Lipinski definition) is 4. The van der Waals surface area contributed by atoms with E-state index in [1.807, 2.05) is 24.3 Å². The minimum Gasteiger partial charge on any atom is -0.494 e. The molecule has 22 heavy (non-hydrogen) atoms. The molecule has 1 aromatic heterocycles. The predicted octanol–water partition coefficient (Wildman–Crippen LogP) is 3.64. The zero-order valence-electron chi connectivity index (χ0n) is 13.2. The molecule has 2 rings (SSSR count). The largest absolute Gasteiger partial charge is 0.494 e. The van der Waals surface area contributed by atoms with Gasteiger partial charge in [0.25, 0.3) is 5.56 Å². The molecule has 0 radical (unpaired) electrons. The van der Waals surface area contributed by atoms with Crippen molar-refractivity contribution >= 4 is 11.6 Å². The number of aryl methyl sites for hydroxylation is 1. The standard InChI is InChI=1S/C17H23N3O2/c1-3-5-11-22-15-9-7-13(8-10-15)18-17-19-14(6-4-2)12-16(21)20-17/h7-10,12H,3-6,11H2,1-2H3,(H2,18,19,20,21). The third-order valence-electron chi connectivity index (χ3n) is 3.18. The smallest absolute Gasteiger partial charge is 0.252 e. The zero-order valence-corrected chi connectivity index (χ0v) is 13.2. The maximum Gasteiger partial charge on any atom is 0.252 e. The summed E-state index contributed by atoms with van der Waals surface area (Å²) < 4.78 is 5.62. The first-order chi connectivity index (χ1) is 10.7. The van der Waals surface area contributed by atoms with Crippen LogP contribution in [0.1, 0.15) is 38.8 Å². The highest BCUT2D eigenvalue weighted by Crippen LogP contribution is 2.18. The Morgan fingerprint density at radius 2 is 1.95 bits per heavy atom. The lowest BCUT2D eigenvalue weighted by Gasteiger charge is -2.09. The second kappa shape index (κ2) is 8.22. The number of unbranched alkanes of at least 4 members (excludes halogenated alkanes) is 1. The summed E-state index contributed by atoms with van der Waals surface area (Å²) in [5.74, 6) is 1.32. The van der Waals surface area contributed by atoms with Gasteiger partial charge >= 0.3 is 0 Å². The van der Waals surface area contributed by atoms with Crippen molar-refractivity contribution in [3.8, 4) is 5.75 Å². The molecule has 2 aromatic rings. The monoisotopic (exact) mass is 301 g/mol. The molecule has 0 unspecified atom stereocenters. The molecule has 2 N–H and O–H groups in total. The number of aromatic amines is 1. The fraction of sp³-hybridized carbons (Fsp3) is 0.412. The first-order valence-electron chi connectivity index (χ1n) is 7.81. The van der Waals surface area contributed by atoms with E-state index in [0.717, 1.165) is 49.4 Å². The van der Waals surface area contributed by atoms with Crippen LogP contribution in [-0.4, -0.2) is 16.6 Å². The molecule has 0 amide bonds. The van der Waals surface area contributed by atoms with Crippen molar-refractivity contribution in [3.05, 3.63) is 46.4 Å². The van der Waals surface area contributed by atoms with Gasteiger partial charge in [0, 0.05) is 17.4 Å². The Morgan fingerprint density at radius 3 is 2.64 bits per heavy atom. The van der Waals surface area contributed by atoms with Crippen LogP contribution in [0.4, 0.5) is 11.6 Å². The molecule has 5 nitrogen and oxygen atoms in total. The molecular weight excluding hydrogens is 278 g/mol. The van der Waals surface area contributed by atoms with E-state index in [1.165, 1.54) is 0 Å². The highest BCUT2D eigenvalue weighted by atomic mass is 16.5. The topological polar surface area (TPSA) is 67.0 Å². The maximum atomic E-state index is 11.6. The van der Waals surface area contributed by atoms with Gasteiger partial charge in [0.15, 0.2) is 0 Å². The molecule has 0 spiro atoms. The van der Waals surface area contributed by atoms with E-state index in [9.17, 15) is 4.79 Å². The van der Waals surface area contributed by atoms with E-state index in [-0.39, 0.29) is 5.56 Å². The minimum atomic E-state index is -0.138. The lowest BCUT2D eigenvalue weighted by Crippen LogP contribution is -2.12. The van der Waals surface area contributed by atoms with Crippen molar-refractivity contribution < 1.29 is 4.74 Å². The van der Waals surface area contributed by atoms with Gasteiger partial charge in [0.1, 0.15) is 5.75 Å². The fourth-order valence-corrected chi connectivity index (χ4v) is 2.06. The summed E-state index contributed by atoms with van der Waals surface area (Å²) in [5.41, 5.74) is 1.52. The minimum absolute atomic E-state index is 0.138. The SMILES string of the molecule is CCCCOc1ccc(Nc2nc(CCC)cc(=O)[nH]2)cc1. The predicted molar refractivity (Wildman–Crippen MR) is 89.0 cm³/mol. The van der Waals surface area contributed by atoms with Gasteiger partial charge in [-0.25, -0.2) is 4.98 Å². The van der Waals surface area contributed by atoms with Gasteiger partial charge in [-0.05, 0) is 37.1 Å². The average molecular weight is 301 g/mol. The number of benzene rings is 1. The number of H-pyrrole nitrogens is 1. The first-order valence-corrected chi connectivity index (χ1v) is 7.81. The Hall–Kier alpha value is -2.30. The van der Waals surface area contributed by atoms with Gasteiger partial charge < -0.3 is 10.1 Å². The molecule has 0 fully saturated rings. The summed E-state index contributed by atoms with van der Waals surface area (Å²) in [6, 6.07) is 9.18. The Labute approximate surface area is 130 Å². The van der Waals surface area contributed by atoms with Crippen LogP contribution in [0.25, 0.3) is 0 Å². The number of hydrogen-bond donors (Lipinski definition) is 2. The second-order valence-corrected chi connectivity index (χ2v) is 5.19. The molecule has 0 aliphatic carbocycles. The van der Waals surface area contributed by atoms with E-state index in [4.69, 9.17) is 4.74 Å². The van der Waals surface area contributed by atoms with Gasteiger partial charge in [-0.15, -0.1) is 0 Å². The Bertz CT molecular complexity index is 635. The first kappa shape index (κ1) is 16.1. The van der Waals surface area contributed by atoms with Crippen LogP contribution in [0.15, 0.2) is 35.1 Å². The van der Waals surface area contributed by atoms with Crippen LogP contribution >= 0.6 is 0 Å². The number of rotatable bonds is 8. The van der Waals surface area contributed by atoms with Crippen molar-refractivity contribution in [1.29, 1.82) is 0 Å². The molecule has 0 bridgehead atoms. The lowest BCUT2D eigenvalue weighted by atomic mass is 10.2. The Kier molecular flexibility index (Phi) is 6.01. The van der Waals surface area contributed by atoms with Crippen LogP contribution < -0.4 is 15.6 Å². The number of anilines is 2. The van der Waals surface area contributed by atoms with Crippen LogP contribution in [0.3, 0.4) is 0 Å². The van der Waals surface area contributed by atoms with E-state index < -0.39 is 0 Å². The summed E-state index contributed by atoms with van der Waals surface area (Å²) in [7, 11) is 0. The number of nitrogens with zero attached hydrogens (tertiary/aromatic N) is 1. The zero-order chi connectivity index (χ0) is 15.8. The second-order valence-electron chi connectivity index (χ2n) is 5.19. The molecular formula is C17H23N3O2. The number of ether oxygens (including phenoxy) is 1. The van der Waals surface area contributed by atoms with E-state index in [2.05, 4.69) is 29.1 Å². The molecule has 5 heteroatoms. The molecule has 118 valence electrons. The highest BCUT2D eigenvalue weighted by Gasteiger charge is 2.02. The van der Waals surface area contributed by atoms with Crippen LogP contribution in [0.5, 0.6) is 5.75 Å². The van der Waals surface area contributed by atoms with Gasteiger partial charge in [0.05, 0.1) is 6.61 Å². The van der Waals surface area contributed by atoms with E-state index in [1.54, 1.807) is 6.07 Å². The summed E-state index contributed by atoms with van der Waals surface area (Å²) in [4.78, 5) is 18.7. The number of nitrogens with one attached hydrogen (secondary N) is 2. The quantitative estimate of drug-likeness (QED) is 0.730. The average Bonchev–Trinajstić information content (AvgIpc) is 2.49. The summed E-state index contributed by atoms with van der Waals surface area (Å²) >= 11 is 0. The summed E-state index contributed by atoms with van der Waals surface area (Å²) in [5, 5.41) is 3.12. The van der Waals surface area contributed by atoms with Gasteiger partial charge in [-0.1, -0.05) is 26.7 Å². The van der Waals surface area contributed by atoms with Gasteiger partial charge in [0.2, 0.25) is 5.95 Å². The van der Waals surface area contributed by atoms with Gasteiger partial charge in [-0.3, -0.25) is 9.78 Å². The highest BCUT2D eigenvalue weighted by molar-refractivity contribution is 5.54. The van der Waals surface area contributed by atoms with Crippen molar-refractivity contribution in [2.24, 2.45) is 0 Å². The third kappa shape index (κ3) is 4.91. The van der Waals surface area contributed by atoms with Crippen LogP contribution in [-0.2, 0) is 6.42 Å². The Balaban J connectivity index is 2.02. The normalized spacial score (nSPS) is 10.5. The third-order valence-corrected chi connectivity index (χ3v) is 3.18. The molecule has 0 saturated heterocycles. The Morgan fingerprint density at radius 1 is 1.18 bits per heavy atom. The van der Waals surface area contributed by atoms with E-state index in [0.29, 0.717) is 5.95 Å². The number of aromatic nitrogens is 2. The molecule has 0 saturated carbocycles. The van der Waals surface area contributed by atoms with Crippen LogP contribution in [0, 0.1) is 0 Å². The molecule has 0 aliphatic rings. The molecule has 1 aromatic carbocycles. The summed E-state index contributed by atoms with van der Waals surface area (Å²) in [6.45, 7) is 4.93. The van der Waals surface area contributed by atoms with E-state index >= 15 is 0 Å². The van der Waals surface area contributed by atoms with Crippen molar-refractivity contribution in [1.82, 2.24) is 9.97 Å². The molecule has 0 aliphatic heterocycles. The van der Waals surface area contributed by atoms with Crippen molar-refractivity contribution in [2.45, 2.75) is 39.5 Å². The van der Waals surface area contributed by atoms with Crippen molar-refractivity contribution in [2.75, 3.05) is 11.9 Å². The summed E-state index contributed by atoms with van der Waals surface area (Å²) in [6.07, 6.45) is 3.92.